The number of hydrogen-bond acceptors (Lipinski definition) is 3. The summed E-state index contributed by atoms with van der Waals surface area (Å²) in [6.07, 6.45) is 1.98. The van der Waals surface area contributed by atoms with Crippen LogP contribution in [0.2, 0.25) is 0 Å². The Morgan fingerprint density at radius 1 is 1.00 bits per heavy atom. The van der Waals surface area contributed by atoms with Crippen LogP contribution in [0.15, 0.2) is 53.4 Å². The van der Waals surface area contributed by atoms with Crippen molar-refractivity contribution in [2.75, 3.05) is 4.72 Å². The summed E-state index contributed by atoms with van der Waals surface area (Å²) in [6, 6.07) is 14.3. The standard InChI is InChI=1S/C19H17NO3S/c1-12-5-10-17(21)18(11-12)24(22,23)20-16-9-8-14-7-6-13-3-2-4-15(16)19(13)14/h2-5,8-11,20-21H,6-7H2,1H3. The Hall–Kier alpha value is -2.53. The lowest BCUT2D eigenvalue weighted by atomic mass is 10.0. The minimum Gasteiger partial charge on any atom is -0.507 e. The molecule has 0 heterocycles. The monoisotopic (exact) mass is 339 g/mol. The Kier molecular flexibility index (Phi) is 3.28. The maximum absolute atomic E-state index is 12.7. The van der Waals surface area contributed by atoms with E-state index in [-0.39, 0.29) is 10.6 Å². The van der Waals surface area contributed by atoms with Crippen LogP contribution in [0.3, 0.4) is 0 Å². The summed E-state index contributed by atoms with van der Waals surface area (Å²) in [5.74, 6) is -0.251. The topological polar surface area (TPSA) is 66.4 Å². The van der Waals surface area contributed by atoms with E-state index in [1.807, 2.05) is 18.2 Å². The highest BCUT2D eigenvalue weighted by atomic mass is 32.2. The molecule has 0 fully saturated rings. The van der Waals surface area contributed by atoms with Crippen molar-refractivity contribution in [2.45, 2.75) is 24.7 Å². The Morgan fingerprint density at radius 3 is 2.54 bits per heavy atom. The first-order valence-corrected chi connectivity index (χ1v) is 9.30. The normalized spacial score (nSPS) is 13.4. The van der Waals surface area contributed by atoms with Crippen molar-refractivity contribution in [3.8, 4) is 5.75 Å². The minimum atomic E-state index is -3.86. The number of anilines is 1. The molecule has 0 amide bonds. The summed E-state index contributed by atoms with van der Waals surface area (Å²) in [4.78, 5) is -0.106. The summed E-state index contributed by atoms with van der Waals surface area (Å²) < 4.78 is 28.1. The molecule has 0 saturated carbocycles. The van der Waals surface area contributed by atoms with Gasteiger partial charge in [0.2, 0.25) is 0 Å². The molecule has 3 aromatic carbocycles. The zero-order chi connectivity index (χ0) is 16.9. The third-order valence-electron chi connectivity index (χ3n) is 4.53. The second-order valence-corrected chi connectivity index (χ2v) is 7.84. The van der Waals surface area contributed by atoms with Gasteiger partial charge in [0.05, 0.1) is 5.69 Å². The van der Waals surface area contributed by atoms with E-state index in [4.69, 9.17) is 0 Å². The van der Waals surface area contributed by atoms with Gasteiger partial charge < -0.3 is 5.11 Å². The predicted octanol–water partition coefficient (Wildman–Crippen LogP) is 3.75. The van der Waals surface area contributed by atoms with Crippen LogP contribution in [0.1, 0.15) is 16.7 Å². The third kappa shape index (κ3) is 2.32. The molecule has 4 rings (SSSR count). The molecular weight excluding hydrogens is 322 g/mol. The van der Waals surface area contributed by atoms with Gasteiger partial charge in [-0.05, 0) is 60.0 Å². The lowest BCUT2D eigenvalue weighted by Crippen LogP contribution is -2.13. The Morgan fingerprint density at radius 2 is 1.75 bits per heavy atom. The summed E-state index contributed by atoms with van der Waals surface area (Å²) >= 11 is 0. The maximum Gasteiger partial charge on any atom is 0.265 e. The number of rotatable bonds is 3. The van der Waals surface area contributed by atoms with Crippen molar-refractivity contribution in [1.82, 2.24) is 0 Å². The van der Waals surface area contributed by atoms with E-state index in [9.17, 15) is 13.5 Å². The number of aryl methyl sites for hydroxylation is 3. The van der Waals surface area contributed by atoms with E-state index < -0.39 is 10.0 Å². The Balaban J connectivity index is 1.84. The number of nitrogens with one attached hydrogen (secondary N) is 1. The SMILES string of the molecule is Cc1ccc(O)c(S(=O)(=O)Nc2ccc3c4c(cccc24)CC3)c1. The van der Waals surface area contributed by atoms with Crippen LogP contribution < -0.4 is 4.72 Å². The molecule has 0 bridgehead atoms. The molecule has 0 saturated heterocycles. The maximum atomic E-state index is 12.7. The molecule has 5 heteroatoms. The number of phenolic OH excluding ortho intramolecular Hbond substituents is 1. The van der Waals surface area contributed by atoms with E-state index in [1.54, 1.807) is 19.1 Å². The van der Waals surface area contributed by atoms with Gasteiger partial charge in [-0.1, -0.05) is 30.3 Å². The number of aromatic hydroxyl groups is 1. The average molecular weight is 339 g/mol. The van der Waals surface area contributed by atoms with Gasteiger partial charge in [0, 0.05) is 5.39 Å². The van der Waals surface area contributed by atoms with Crippen LogP contribution in [0.25, 0.3) is 10.8 Å². The second kappa shape index (κ2) is 5.24. The van der Waals surface area contributed by atoms with Crippen LogP contribution in [0.5, 0.6) is 5.75 Å². The fraction of sp³-hybridized carbons (Fsp3) is 0.158. The highest BCUT2D eigenvalue weighted by Crippen LogP contribution is 2.36. The van der Waals surface area contributed by atoms with Gasteiger partial charge in [0.15, 0.2) is 0 Å². The summed E-state index contributed by atoms with van der Waals surface area (Å²) in [5, 5.41) is 12.0. The third-order valence-corrected chi connectivity index (χ3v) is 5.92. The number of benzene rings is 3. The minimum absolute atomic E-state index is 0.106. The fourth-order valence-electron chi connectivity index (χ4n) is 3.37. The summed E-state index contributed by atoms with van der Waals surface area (Å²) in [7, 11) is -3.86. The van der Waals surface area contributed by atoms with E-state index in [0.717, 1.165) is 29.2 Å². The zero-order valence-corrected chi connectivity index (χ0v) is 14.0. The summed E-state index contributed by atoms with van der Waals surface area (Å²) in [5.41, 5.74) is 3.82. The van der Waals surface area contributed by atoms with Gasteiger partial charge in [-0.25, -0.2) is 8.42 Å². The molecule has 2 N–H and O–H groups in total. The van der Waals surface area contributed by atoms with Crippen LogP contribution in [0.4, 0.5) is 5.69 Å². The molecule has 24 heavy (non-hydrogen) atoms. The van der Waals surface area contributed by atoms with Gasteiger partial charge in [0.25, 0.3) is 10.0 Å². The molecule has 0 aliphatic heterocycles. The largest absolute Gasteiger partial charge is 0.507 e. The van der Waals surface area contributed by atoms with Crippen molar-refractivity contribution in [1.29, 1.82) is 0 Å². The van der Waals surface area contributed by atoms with Crippen LogP contribution in [-0.4, -0.2) is 13.5 Å². The molecule has 0 aromatic heterocycles. The number of hydrogen-bond donors (Lipinski definition) is 2. The van der Waals surface area contributed by atoms with Gasteiger partial charge in [-0.3, -0.25) is 4.72 Å². The smallest absolute Gasteiger partial charge is 0.265 e. The van der Waals surface area contributed by atoms with E-state index >= 15 is 0 Å². The van der Waals surface area contributed by atoms with Crippen molar-refractivity contribution in [2.24, 2.45) is 0 Å². The zero-order valence-electron chi connectivity index (χ0n) is 13.2. The Bertz CT molecular complexity index is 1060. The van der Waals surface area contributed by atoms with E-state index in [1.165, 1.54) is 23.3 Å². The molecular formula is C19H17NO3S. The molecule has 3 aromatic rings. The molecule has 0 unspecified atom stereocenters. The highest BCUT2D eigenvalue weighted by Gasteiger charge is 2.22. The first-order valence-electron chi connectivity index (χ1n) is 7.82. The lowest BCUT2D eigenvalue weighted by molar-refractivity contribution is 0.459. The van der Waals surface area contributed by atoms with Crippen molar-refractivity contribution in [3.05, 3.63) is 65.2 Å². The van der Waals surface area contributed by atoms with Crippen LogP contribution in [0, 0.1) is 6.92 Å². The van der Waals surface area contributed by atoms with Crippen LogP contribution >= 0.6 is 0 Å². The van der Waals surface area contributed by atoms with Crippen LogP contribution in [-0.2, 0) is 22.9 Å². The summed E-state index contributed by atoms with van der Waals surface area (Å²) in [6.45, 7) is 1.79. The molecule has 1 aliphatic rings. The van der Waals surface area contributed by atoms with Crippen molar-refractivity contribution >= 4 is 26.5 Å². The fourth-order valence-corrected chi connectivity index (χ4v) is 4.63. The molecule has 122 valence electrons. The highest BCUT2D eigenvalue weighted by molar-refractivity contribution is 7.92. The van der Waals surface area contributed by atoms with Gasteiger partial charge in [-0.2, -0.15) is 0 Å². The lowest BCUT2D eigenvalue weighted by Gasteiger charge is -2.13. The van der Waals surface area contributed by atoms with Gasteiger partial charge in [0.1, 0.15) is 10.6 Å². The Labute approximate surface area is 140 Å². The van der Waals surface area contributed by atoms with Crippen molar-refractivity contribution in [3.63, 3.8) is 0 Å². The first kappa shape index (κ1) is 15.0. The number of phenols is 1. The van der Waals surface area contributed by atoms with Crippen molar-refractivity contribution < 1.29 is 13.5 Å². The molecule has 0 spiro atoms. The number of sulfonamides is 1. The quantitative estimate of drug-likeness (QED) is 0.764. The molecule has 0 atom stereocenters. The molecule has 1 aliphatic carbocycles. The first-order chi connectivity index (χ1) is 11.5. The van der Waals surface area contributed by atoms with Gasteiger partial charge in [-0.15, -0.1) is 0 Å². The van der Waals surface area contributed by atoms with E-state index in [2.05, 4.69) is 10.8 Å². The predicted molar refractivity (Wildman–Crippen MR) is 95.0 cm³/mol. The molecule has 0 radical (unpaired) electrons. The van der Waals surface area contributed by atoms with Gasteiger partial charge >= 0.3 is 0 Å². The van der Waals surface area contributed by atoms with E-state index in [0.29, 0.717) is 5.69 Å². The average Bonchev–Trinajstić information content (AvgIpc) is 2.97. The second-order valence-electron chi connectivity index (χ2n) is 6.19. The molecule has 4 nitrogen and oxygen atoms in total.